The highest BCUT2D eigenvalue weighted by atomic mass is 32.2. The highest BCUT2D eigenvalue weighted by Crippen LogP contribution is 2.16. The molecule has 3 rings (SSSR count). The third-order valence-corrected chi connectivity index (χ3v) is 6.06. The van der Waals surface area contributed by atoms with Gasteiger partial charge in [-0.3, -0.25) is 10.1 Å². The second-order valence-corrected chi connectivity index (χ2v) is 8.69. The van der Waals surface area contributed by atoms with Crippen LogP contribution in [0.2, 0.25) is 0 Å². The fourth-order valence-electron chi connectivity index (χ4n) is 2.45. The summed E-state index contributed by atoms with van der Waals surface area (Å²) in [6.45, 7) is 0. The standard InChI is InChI=1S/C15H16N4O4S2/c20-13(19-15-16-5-6-24-15)10-2-1-3-11(8-10)17-14(21)18-12-4-7-25(22,23)9-12/h1-3,5-6,8,12H,4,7,9H2,(H,16,19,20)(H2,17,18,21). The van der Waals surface area contributed by atoms with Gasteiger partial charge in [0, 0.05) is 28.9 Å². The van der Waals surface area contributed by atoms with Crippen LogP contribution in [0.25, 0.3) is 0 Å². The number of nitrogens with zero attached hydrogens (tertiary/aromatic N) is 1. The number of urea groups is 1. The first-order valence-corrected chi connectivity index (χ1v) is 10.2. The molecule has 0 bridgehead atoms. The van der Waals surface area contributed by atoms with Gasteiger partial charge in [-0.25, -0.2) is 18.2 Å². The van der Waals surface area contributed by atoms with Gasteiger partial charge in [0.25, 0.3) is 5.91 Å². The summed E-state index contributed by atoms with van der Waals surface area (Å²) in [6, 6.07) is 5.56. The highest BCUT2D eigenvalue weighted by molar-refractivity contribution is 7.91. The van der Waals surface area contributed by atoms with E-state index in [0.717, 1.165) is 0 Å². The SMILES string of the molecule is O=C(Nc1cccc(C(=O)Nc2nccs2)c1)NC1CCS(=O)(=O)C1. The summed E-state index contributed by atoms with van der Waals surface area (Å²) < 4.78 is 22.8. The Morgan fingerprint density at radius 2 is 2.08 bits per heavy atom. The zero-order chi connectivity index (χ0) is 17.9. The lowest BCUT2D eigenvalue weighted by Crippen LogP contribution is -2.38. The molecular weight excluding hydrogens is 364 g/mol. The van der Waals surface area contributed by atoms with Crippen molar-refractivity contribution >= 4 is 43.9 Å². The average molecular weight is 380 g/mol. The molecule has 1 atom stereocenters. The van der Waals surface area contributed by atoms with Crippen LogP contribution in [0.15, 0.2) is 35.8 Å². The molecule has 1 fully saturated rings. The first kappa shape index (κ1) is 17.4. The molecule has 2 heterocycles. The van der Waals surface area contributed by atoms with Gasteiger partial charge in [0.1, 0.15) is 0 Å². The van der Waals surface area contributed by atoms with Crippen LogP contribution in [-0.2, 0) is 9.84 Å². The topological polar surface area (TPSA) is 117 Å². The average Bonchev–Trinajstić information content (AvgIpc) is 3.17. The van der Waals surface area contributed by atoms with Gasteiger partial charge in [-0.15, -0.1) is 11.3 Å². The quantitative estimate of drug-likeness (QED) is 0.746. The number of benzene rings is 1. The van der Waals surface area contributed by atoms with Gasteiger partial charge in [0.05, 0.1) is 11.5 Å². The van der Waals surface area contributed by atoms with Gasteiger partial charge in [0.2, 0.25) is 0 Å². The first-order chi connectivity index (χ1) is 11.9. The molecule has 1 aliphatic rings. The molecule has 1 aromatic heterocycles. The Morgan fingerprint density at radius 1 is 1.24 bits per heavy atom. The molecule has 10 heteroatoms. The fourth-order valence-corrected chi connectivity index (χ4v) is 4.65. The van der Waals surface area contributed by atoms with Crippen LogP contribution in [0, 0.1) is 0 Å². The van der Waals surface area contributed by atoms with Gasteiger partial charge in [-0.05, 0) is 24.6 Å². The van der Waals surface area contributed by atoms with E-state index in [1.54, 1.807) is 29.8 Å². The van der Waals surface area contributed by atoms with Crippen LogP contribution in [0.4, 0.5) is 15.6 Å². The molecule has 1 aliphatic heterocycles. The van der Waals surface area contributed by atoms with Crippen molar-refractivity contribution in [1.82, 2.24) is 10.3 Å². The molecular formula is C15H16N4O4S2. The normalized spacial score (nSPS) is 18.5. The second-order valence-electron chi connectivity index (χ2n) is 5.57. The number of nitrogens with one attached hydrogen (secondary N) is 3. The number of carbonyl (C=O) groups is 2. The number of sulfone groups is 1. The summed E-state index contributed by atoms with van der Waals surface area (Å²) in [6.07, 6.45) is 2.00. The third-order valence-electron chi connectivity index (χ3n) is 3.60. The van der Waals surface area contributed by atoms with E-state index < -0.39 is 15.9 Å². The zero-order valence-corrected chi connectivity index (χ0v) is 14.7. The van der Waals surface area contributed by atoms with Gasteiger partial charge in [0.15, 0.2) is 15.0 Å². The van der Waals surface area contributed by atoms with E-state index in [1.807, 2.05) is 0 Å². The van der Waals surface area contributed by atoms with Gasteiger partial charge < -0.3 is 10.6 Å². The molecule has 8 nitrogen and oxygen atoms in total. The summed E-state index contributed by atoms with van der Waals surface area (Å²) >= 11 is 1.31. The van der Waals surface area contributed by atoms with Crippen molar-refractivity contribution in [3.05, 3.63) is 41.4 Å². The molecule has 132 valence electrons. The Hall–Kier alpha value is -2.46. The van der Waals surface area contributed by atoms with Gasteiger partial charge in [-0.2, -0.15) is 0 Å². The van der Waals surface area contributed by atoms with E-state index in [1.165, 1.54) is 17.4 Å². The molecule has 1 saturated heterocycles. The lowest BCUT2D eigenvalue weighted by atomic mass is 10.2. The minimum absolute atomic E-state index is 0.0450. The van der Waals surface area contributed by atoms with Crippen molar-refractivity contribution in [3.8, 4) is 0 Å². The number of aromatic nitrogens is 1. The lowest BCUT2D eigenvalue weighted by Gasteiger charge is -2.12. The maximum absolute atomic E-state index is 12.2. The highest BCUT2D eigenvalue weighted by Gasteiger charge is 2.28. The molecule has 1 unspecified atom stereocenters. The smallest absolute Gasteiger partial charge is 0.319 e. The minimum Gasteiger partial charge on any atom is -0.334 e. The number of amides is 3. The molecule has 0 radical (unpaired) electrons. The van der Waals surface area contributed by atoms with Crippen molar-refractivity contribution in [2.45, 2.75) is 12.5 Å². The summed E-state index contributed by atoms with van der Waals surface area (Å²) in [4.78, 5) is 28.1. The lowest BCUT2D eigenvalue weighted by molar-refractivity contribution is 0.102. The number of rotatable bonds is 4. The predicted molar refractivity (Wildman–Crippen MR) is 95.7 cm³/mol. The second kappa shape index (κ2) is 7.19. The van der Waals surface area contributed by atoms with Crippen molar-refractivity contribution in [2.75, 3.05) is 22.1 Å². The molecule has 3 N–H and O–H groups in total. The maximum Gasteiger partial charge on any atom is 0.319 e. The largest absolute Gasteiger partial charge is 0.334 e. The summed E-state index contributed by atoms with van der Waals surface area (Å²) in [5, 5.41) is 10.1. The number of carbonyl (C=O) groups excluding carboxylic acids is 2. The molecule has 3 amide bonds. The maximum atomic E-state index is 12.2. The molecule has 2 aromatic rings. The van der Waals surface area contributed by atoms with Crippen LogP contribution >= 0.6 is 11.3 Å². The van der Waals surface area contributed by atoms with Crippen LogP contribution in [-0.4, -0.2) is 42.9 Å². The Balaban J connectivity index is 1.59. The third kappa shape index (κ3) is 4.77. The summed E-state index contributed by atoms with van der Waals surface area (Å²) in [5.41, 5.74) is 0.807. The Kier molecular flexibility index (Phi) is 5.00. The number of thiazole rings is 1. The zero-order valence-electron chi connectivity index (χ0n) is 13.1. The van der Waals surface area contributed by atoms with Crippen molar-refractivity contribution < 1.29 is 18.0 Å². The van der Waals surface area contributed by atoms with E-state index in [2.05, 4.69) is 20.9 Å². The summed E-state index contributed by atoms with van der Waals surface area (Å²) in [5.74, 6) is -0.290. The van der Waals surface area contributed by atoms with Crippen molar-refractivity contribution in [1.29, 1.82) is 0 Å². The van der Waals surface area contributed by atoms with E-state index in [4.69, 9.17) is 0 Å². The minimum atomic E-state index is -3.06. The van der Waals surface area contributed by atoms with Crippen LogP contribution in [0.3, 0.4) is 0 Å². The molecule has 0 aliphatic carbocycles. The van der Waals surface area contributed by atoms with Crippen LogP contribution in [0.1, 0.15) is 16.8 Å². The van der Waals surface area contributed by atoms with E-state index in [9.17, 15) is 18.0 Å². The number of hydrogen-bond acceptors (Lipinski definition) is 6. The fraction of sp³-hybridized carbons (Fsp3) is 0.267. The van der Waals surface area contributed by atoms with E-state index in [0.29, 0.717) is 22.8 Å². The monoisotopic (exact) mass is 380 g/mol. The van der Waals surface area contributed by atoms with Crippen LogP contribution < -0.4 is 16.0 Å². The first-order valence-electron chi connectivity index (χ1n) is 7.50. The van der Waals surface area contributed by atoms with E-state index in [-0.39, 0.29) is 23.5 Å². The van der Waals surface area contributed by atoms with Crippen LogP contribution in [0.5, 0.6) is 0 Å². The number of anilines is 2. The molecule has 0 saturated carbocycles. The van der Waals surface area contributed by atoms with Crippen molar-refractivity contribution in [3.63, 3.8) is 0 Å². The van der Waals surface area contributed by atoms with Gasteiger partial charge >= 0.3 is 6.03 Å². The molecule has 25 heavy (non-hydrogen) atoms. The molecule has 1 aromatic carbocycles. The predicted octanol–water partition coefficient (Wildman–Crippen LogP) is 1.70. The molecule has 0 spiro atoms. The van der Waals surface area contributed by atoms with Crippen molar-refractivity contribution in [2.24, 2.45) is 0 Å². The van der Waals surface area contributed by atoms with E-state index >= 15 is 0 Å². The Bertz CT molecular complexity index is 881. The summed E-state index contributed by atoms with van der Waals surface area (Å²) in [7, 11) is -3.06. The van der Waals surface area contributed by atoms with Gasteiger partial charge in [-0.1, -0.05) is 6.07 Å². The Morgan fingerprint density at radius 3 is 2.76 bits per heavy atom. The number of hydrogen-bond donors (Lipinski definition) is 3. The Labute approximate surface area is 148 Å².